The molecule has 64 valence electrons. The Morgan fingerprint density at radius 2 is 2.17 bits per heavy atom. The second-order valence-corrected chi connectivity index (χ2v) is 2.74. The highest BCUT2D eigenvalue weighted by atomic mass is 16.4. The molecule has 0 saturated heterocycles. The van der Waals surface area contributed by atoms with Crippen LogP contribution in [0.3, 0.4) is 0 Å². The average Bonchev–Trinajstić information content (AvgIpc) is 2.08. The molecule has 1 aromatic rings. The molecule has 0 aliphatic rings. The van der Waals surface area contributed by atoms with Crippen molar-refractivity contribution >= 4 is 5.57 Å². The summed E-state index contributed by atoms with van der Waals surface area (Å²) in [6.45, 7) is 5.56. The molecule has 0 fully saturated rings. The van der Waals surface area contributed by atoms with Crippen LogP contribution in [0.1, 0.15) is 25.2 Å². The summed E-state index contributed by atoms with van der Waals surface area (Å²) in [5.41, 5.74) is 1.36. The van der Waals surface area contributed by atoms with Crippen molar-refractivity contribution in [1.82, 2.24) is 0 Å². The third-order valence-corrected chi connectivity index (χ3v) is 1.83. The second-order valence-electron chi connectivity index (χ2n) is 2.74. The molecule has 12 heavy (non-hydrogen) atoms. The number of hydrogen-bond donors (Lipinski definition) is 0. The van der Waals surface area contributed by atoms with Gasteiger partial charge in [-0.25, -0.2) is 4.79 Å². The summed E-state index contributed by atoms with van der Waals surface area (Å²) in [5.74, 6) is 0.646. The molecule has 1 aromatic heterocycles. The van der Waals surface area contributed by atoms with Crippen molar-refractivity contribution in [2.45, 2.75) is 20.8 Å². The smallest absolute Gasteiger partial charge is 0.339 e. The number of aryl methyl sites for hydroxylation is 1. The Kier molecular flexibility index (Phi) is 2.48. The van der Waals surface area contributed by atoms with Crippen molar-refractivity contribution < 1.29 is 4.42 Å². The predicted molar refractivity (Wildman–Crippen MR) is 49.0 cm³/mol. The first-order valence-corrected chi connectivity index (χ1v) is 3.89. The van der Waals surface area contributed by atoms with Crippen molar-refractivity contribution in [1.29, 1.82) is 0 Å². The van der Waals surface area contributed by atoms with Crippen LogP contribution >= 0.6 is 0 Å². The number of hydrogen-bond acceptors (Lipinski definition) is 2. The van der Waals surface area contributed by atoms with E-state index in [0.717, 1.165) is 5.57 Å². The van der Waals surface area contributed by atoms with Crippen LogP contribution in [0, 0.1) is 6.92 Å². The summed E-state index contributed by atoms with van der Waals surface area (Å²) in [5, 5.41) is 0. The highest BCUT2D eigenvalue weighted by Crippen LogP contribution is 2.10. The molecule has 0 aliphatic heterocycles. The van der Waals surface area contributed by atoms with E-state index in [1.165, 1.54) is 0 Å². The topological polar surface area (TPSA) is 30.2 Å². The van der Waals surface area contributed by atoms with Crippen molar-refractivity contribution in [3.63, 3.8) is 0 Å². The molecule has 0 atom stereocenters. The van der Waals surface area contributed by atoms with E-state index in [1.807, 2.05) is 26.0 Å². The molecule has 0 aliphatic carbocycles. The summed E-state index contributed by atoms with van der Waals surface area (Å²) in [6.07, 6.45) is 1.91. The molecule has 0 amide bonds. The Morgan fingerprint density at radius 3 is 2.67 bits per heavy atom. The standard InChI is InChI=1S/C10H12O2/c1-4-7(2)9-6-5-8(3)10(11)12-9/h4-6H,1-3H3. The first kappa shape index (κ1) is 8.78. The molecule has 0 radical (unpaired) electrons. The molecule has 2 heteroatoms. The third-order valence-electron chi connectivity index (χ3n) is 1.83. The molecule has 0 N–H and O–H groups in total. The Balaban J connectivity index is 3.23. The highest BCUT2D eigenvalue weighted by molar-refractivity contribution is 5.58. The van der Waals surface area contributed by atoms with Gasteiger partial charge < -0.3 is 4.42 Å². The second kappa shape index (κ2) is 3.39. The molecule has 0 unspecified atom stereocenters. The van der Waals surface area contributed by atoms with E-state index in [1.54, 1.807) is 13.0 Å². The van der Waals surface area contributed by atoms with E-state index in [0.29, 0.717) is 11.3 Å². The molecular formula is C10H12O2. The van der Waals surface area contributed by atoms with Crippen LogP contribution in [0.25, 0.3) is 5.57 Å². The van der Waals surface area contributed by atoms with Gasteiger partial charge in [-0.15, -0.1) is 0 Å². The summed E-state index contributed by atoms with van der Waals surface area (Å²) in [4.78, 5) is 11.1. The Hall–Kier alpha value is -1.31. The normalized spacial score (nSPS) is 11.8. The van der Waals surface area contributed by atoms with Crippen LogP contribution in [-0.4, -0.2) is 0 Å². The first-order chi connectivity index (χ1) is 5.65. The summed E-state index contributed by atoms with van der Waals surface area (Å²) in [6, 6.07) is 3.58. The van der Waals surface area contributed by atoms with E-state index in [4.69, 9.17) is 4.42 Å². The fourth-order valence-corrected chi connectivity index (χ4v) is 0.837. The van der Waals surface area contributed by atoms with Gasteiger partial charge >= 0.3 is 5.63 Å². The minimum atomic E-state index is -0.256. The van der Waals surface area contributed by atoms with Crippen LogP contribution in [0.15, 0.2) is 27.4 Å². The van der Waals surface area contributed by atoms with Gasteiger partial charge in [-0.05, 0) is 38.5 Å². The van der Waals surface area contributed by atoms with Crippen LogP contribution in [0.4, 0.5) is 0 Å². The van der Waals surface area contributed by atoms with E-state index >= 15 is 0 Å². The van der Waals surface area contributed by atoms with Gasteiger partial charge in [0.1, 0.15) is 5.76 Å². The summed E-state index contributed by atoms with van der Waals surface area (Å²) in [7, 11) is 0. The van der Waals surface area contributed by atoms with Gasteiger partial charge in [0, 0.05) is 5.56 Å². The van der Waals surface area contributed by atoms with Crippen LogP contribution in [0.5, 0.6) is 0 Å². The zero-order valence-electron chi connectivity index (χ0n) is 7.55. The van der Waals surface area contributed by atoms with Crippen molar-refractivity contribution in [2.24, 2.45) is 0 Å². The SMILES string of the molecule is CC=C(C)c1ccc(C)c(=O)o1. The zero-order valence-corrected chi connectivity index (χ0v) is 7.55. The Morgan fingerprint density at radius 1 is 1.50 bits per heavy atom. The van der Waals surface area contributed by atoms with E-state index in [-0.39, 0.29) is 5.63 Å². The third kappa shape index (κ3) is 1.64. The van der Waals surface area contributed by atoms with Gasteiger partial charge in [0.25, 0.3) is 0 Å². The molecular weight excluding hydrogens is 152 g/mol. The fourth-order valence-electron chi connectivity index (χ4n) is 0.837. The number of rotatable bonds is 1. The summed E-state index contributed by atoms with van der Waals surface area (Å²) >= 11 is 0. The maximum atomic E-state index is 11.1. The molecule has 2 nitrogen and oxygen atoms in total. The summed E-state index contributed by atoms with van der Waals surface area (Å²) < 4.78 is 5.04. The maximum Gasteiger partial charge on any atom is 0.339 e. The van der Waals surface area contributed by atoms with Gasteiger partial charge in [-0.1, -0.05) is 6.08 Å². The zero-order chi connectivity index (χ0) is 9.14. The van der Waals surface area contributed by atoms with Gasteiger partial charge in [0.05, 0.1) is 0 Å². The predicted octanol–water partition coefficient (Wildman–Crippen LogP) is 2.37. The van der Waals surface area contributed by atoms with Gasteiger partial charge in [-0.2, -0.15) is 0 Å². The minimum absolute atomic E-state index is 0.256. The van der Waals surface area contributed by atoms with Crippen LogP contribution in [0.2, 0.25) is 0 Å². The molecule has 0 bridgehead atoms. The lowest BCUT2D eigenvalue weighted by Crippen LogP contribution is -2.03. The van der Waals surface area contributed by atoms with Crippen molar-refractivity contribution in [3.8, 4) is 0 Å². The fraction of sp³-hybridized carbons (Fsp3) is 0.300. The molecule has 1 heterocycles. The van der Waals surface area contributed by atoms with E-state index in [2.05, 4.69) is 0 Å². The van der Waals surface area contributed by atoms with Crippen molar-refractivity contribution in [2.75, 3.05) is 0 Å². The highest BCUT2D eigenvalue weighted by Gasteiger charge is 1.99. The maximum absolute atomic E-state index is 11.1. The number of allylic oxidation sites excluding steroid dienone is 2. The van der Waals surface area contributed by atoms with Crippen LogP contribution in [-0.2, 0) is 0 Å². The lowest BCUT2D eigenvalue weighted by Gasteiger charge is -1.98. The van der Waals surface area contributed by atoms with Gasteiger partial charge in [0.15, 0.2) is 0 Å². The Labute approximate surface area is 71.5 Å². The monoisotopic (exact) mass is 164 g/mol. The van der Waals surface area contributed by atoms with E-state index < -0.39 is 0 Å². The lowest BCUT2D eigenvalue weighted by molar-refractivity contribution is 0.492. The lowest BCUT2D eigenvalue weighted by atomic mass is 10.2. The minimum Gasteiger partial charge on any atom is -0.423 e. The largest absolute Gasteiger partial charge is 0.423 e. The van der Waals surface area contributed by atoms with Gasteiger partial charge in [0.2, 0.25) is 0 Å². The molecule has 1 rings (SSSR count). The molecule has 0 aromatic carbocycles. The van der Waals surface area contributed by atoms with Crippen molar-refractivity contribution in [3.05, 3.63) is 40.0 Å². The molecule has 0 spiro atoms. The van der Waals surface area contributed by atoms with Gasteiger partial charge in [-0.3, -0.25) is 0 Å². The Bertz CT molecular complexity index is 358. The quantitative estimate of drug-likeness (QED) is 0.637. The first-order valence-electron chi connectivity index (χ1n) is 3.89. The average molecular weight is 164 g/mol. The van der Waals surface area contributed by atoms with Crippen LogP contribution < -0.4 is 5.63 Å². The molecule has 0 saturated carbocycles. The van der Waals surface area contributed by atoms with E-state index in [9.17, 15) is 4.79 Å².